The molecule has 3 aromatic rings. The standard InChI is InChI=1S/C29H36FN3O4S/c1-27(2,3)33(26(34)37-28(4,5)6)38(35,36)21-14-12-18(13-15-21)23-24(29(23,7)8)22-17-31-25(32-22)19-10-9-11-20(30)16-19/h9-17,23-24H,1-8H3,(H,31,32)/t23-,24-/m0/s1. The Morgan fingerprint density at radius 1 is 1.03 bits per heavy atom. The summed E-state index contributed by atoms with van der Waals surface area (Å²) in [6, 6.07) is 13.0. The molecule has 1 aromatic heterocycles. The number of benzene rings is 2. The third-order valence-electron chi connectivity index (χ3n) is 6.80. The van der Waals surface area contributed by atoms with Gasteiger partial charge in [-0.3, -0.25) is 0 Å². The molecule has 2 aromatic carbocycles. The summed E-state index contributed by atoms with van der Waals surface area (Å²) in [6.45, 7) is 14.4. The van der Waals surface area contributed by atoms with Crippen LogP contribution in [0.25, 0.3) is 11.4 Å². The van der Waals surface area contributed by atoms with Crippen molar-refractivity contribution in [1.29, 1.82) is 0 Å². The van der Waals surface area contributed by atoms with E-state index in [-0.39, 0.29) is 28.0 Å². The molecule has 1 aliphatic carbocycles. The zero-order chi connectivity index (χ0) is 28.3. The third-order valence-corrected chi connectivity index (χ3v) is 8.85. The van der Waals surface area contributed by atoms with Gasteiger partial charge in [-0.15, -0.1) is 0 Å². The lowest BCUT2D eigenvalue weighted by molar-refractivity contribution is 0.0282. The van der Waals surface area contributed by atoms with Gasteiger partial charge in [0.05, 0.1) is 10.4 Å². The van der Waals surface area contributed by atoms with Gasteiger partial charge in [0.15, 0.2) is 0 Å². The van der Waals surface area contributed by atoms with E-state index in [1.165, 1.54) is 12.1 Å². The molecule has 0 unspecified atom stereocenters. The first-order valence-electron chi connectivity index (χ1n) is 12.6. The molecule has 0 spiro atoms. The zero-order valence-corrected chi connectivity index (χ0v) is 24.0. The van der Waals surface area contributed by atoms with Crippen molar-refractivity contribution in [3.63, 3.8) is 0 Å². The number of hydrogen-bond acceptors (Lipinski definition) is 5. The molecule has 1 N–H and O–H groups in total. The molecule has 1 fully saturated rings. The first-order valence-corrected chi connectivity index (χ1v) is 14.1. The van der Waals surface area contributed by atoms with Crippen LogP contribution in [0.15, 0.2) is 59.6 Å². The summed E-state index contributed by atoms with van der Waals surface area (Å²) in [5, 5.41) is 0. The van der Waals surface area contributed by atoms with E-state index in [1.807, 2.05) is 0 Å². The summed E-state index contributed by atoms with van der Waals surface area (Å²) in [4.78, 5) is 20.7. The average molecular weight is 542 g/mol. The maximum Gasteiger partial charge on any atom is 0.424 e. The summed E-state index contributed by atoms with van der Waals surface area (Å²) in [6.07, 6.45) is 0.874. The molecule has 1 saturated carbocycles. The van der Waals surface area contributed by atoms with Gasteiger partial charge in [-0.2, -0.15) is 4.31 Å². The number of aromatic amines is 1. The topological polar surface area (TPSA) is 92.4 Å². The van der Waals surface area contributed by atoms with Gasteiger partial charge in [-0.25, -0.2) is 22.6 Å². The van der Waals surface area contributed by atoms with Crippen LogP contribution in [0.5, 0.6) is 0 Å². The van der Waals surface area contributed by atoms with E-state index in [0.29, 0.717) is 11.4 Å². The molecule has 0 saturated heterocycles. The second-order valence-electron chi connectivity index (χ2n) is 12.5. The molecule has 0 bridgehead atoms. The molecule has 1 amide bonds. The fourth-order valence-corrected chi connectivity index (χ4v) is 6.75. The van der Waals surface area contributed by atoms with Crippen LogP contribution in [0.2, 0.25) is 0 Å². The van der Waals surface area contributed by atoms with Crippen molar-refractivity contribution in [2.75, 3.05) is 0 Å². The number of nitrogens with one attached hydrogen (secondary N) is 1. The van der Waals surface area contributed by atoms with Gasteiger partial charge in [0.2, 0.25) is 0 Å². The lowest BCUT2D eigenvalue weighted by atomic mass is 10.0. The van der Waals surface area contributed by atoms with Crippen molar-refractivity contribution in [3.8, 4) is 11.4 Å². The summed E-state index contributed by atoms with van der Waals surface area (Å²) < 4.78 is 47.0. The van der Waals surface area contributed by atoms with Crippen molar-refractivity contribution in [2.45, 2.75) is 83.3 Å². The molecular weight excluding hydrogens is 505 g/mol. The van der Waals surface area contributed by atoms with Gasteiger partial charge in [-0.1, -0.05) is 38.1 Å². The molecule has 4 rings (SSSR count). The number of imidazole rings is 1. The Bertz CT molecular complexity index is 1450. The van der Waals surface area contributed by atoms with Gasteiger partial charge >= 0.3 is 6.09 Å². The Morgan fingerprint density at radius 3 is 2.21 bits per heavy atom. The number of carbonyl (C=O) groups is 1. The van der Waals surface area contributed by atoms with Crippen LogP contribution in [0.1, 0.15) is 78.5 Å². The summed E-state index contributed by atoms with van der Waals surface area (Å²) in [5.74, 6) is 0.542. The number of nitrogens with zero attached hydrogens (tertiary/aromatic N) is 2. The SMILES string of the molecule is CC(C)(C)OC(=O)N(C(C)(C)C)S(=O)(=O)c1ccc([C@H]2[C@H](c3cnc(-c4cccc(F)c4)[nH]3)C2(C)C)cc1. The highest BCUT2D eigenvalue weighted by Gasteiger charge is 2.59. The third kappa shape index (κ3) is 5.34. The Hall–Kier alpha value is -3.20. The van der Waals surface area contributed by atoms with Crippen molar-refractivity contribution >= 4 is 16.1 Å². The molecule has 0 aliphatic heterocycles. The van der Waals surface area contributed by atoms with Crippen LogP contribution < -0.4 is 0 Å². The van der Waals surface area contributed by atoms with E-state index >= 15 is 0 Å². The minimum absolute atomic E-state index is 0.0203. The second-order valence-corrected chi connectivity index (χ2v) is 14.3. The number of carbonyl (C=O) groups excluding carboxylic acids is 1. The van der Waals surface area contributed by atoms with Gasteiger partial charge in [-0.05, 0) is 82.7 Å². The van der Waals surface area contributed by atoms with Crippen LogP contribution >= 0.6 is 0 Å². The first kappa shape index (κ1) is 27.8. The van der Waals surface area contributed by atoms with E-state index in [9.17, 15) is 17.6 Å². The predicted molar refractivity (Wildman–Crippen MR) is 145 cm³/mol. The number of aromatic nitrogens is 2. The minimum Gasteiger partial charge on any atom is -0.443 e. The monoisotopic (exact) mass is 541 g/mol. The summed E-state index contributed by atoms with van der Waals surface area (Å²) in [5.41, 5.74) is 0.645. The fraction of sp³-hybridized carbons (Fsp3) is 0.448. The van der Waals surface area contributed by atoms with Crippen LogP contribution in [-0.2, 0) is 14.8 Å². The van der Waals surface area contributed by atoms with Crippen molar-refractivity contribution in [2.24, 2.45) is 5.41 Å². The lowest BCUT2D eigenvalue weighted by Gasteiger charge is -2.35. The van der Waals surface area contributed by atoms with E-state index in [2.05, 4.69) is 23.8 Å². The molecule has 9 heteroatoms. The number of ether oxygens (including phenoxy) is 1. The maximum atomic E-state index is 13.7. The largest absolute Gasteiger partial charge is 0.443 e. The van der Waals surface area contributed by atoms with Gasteiger partial charge in [0.1, 0.15) is 17.2 Å². The van der Waals surface area contributed by atoms with Crippen LogP contribution in [0.4, 0.5) is 9.18 Å². The molecule has 0 radical (unpaired) electrons. The van der Waals surface area contributed by atoms with Crippen LogP contribution in [0.3, 0.4) is 0 Å². The van der Waals surface area contributed by atoms with E-state index in [1.54, 1.807) is 84.1 Å². The van der Waals surface area contributed by atoms with Gasteiger partial charge in [0, 0.05) is 23.4 Å². The molecule has 1 aliphatic rings. The van der Waals surface area contributed by atoms with E-state index in [4.69, 9.17) is 4.74 Å². The first-order chi connectivity index (χ1) is 17.4. The van der Waals surface area contributed by atoms with Gasteiger partial charge < -0.3 is 9.72 Å². The predicted octanol–water partition coefficient (Wildman–Crippen LogP) is 6.85. The van der Waals surface area contributed by atoms with Crippen LogP contribution in [-0.4, -0.2) is 39.9 Å². The quantitative estimate of drug-likeness (QED) is 0.381. The Morgan fingerprint density at radius 2 is 1.66 bits per heavy atom. The second kappa shape index (κ2) is 9.22. The van der Waals surface area contributed by atoms with Crippen LogP contribution in [0, 0.1) is 11.2 Å². The molecule has 7 nitrogen and oxygen atoms in total. The summed E-state index contributed by atoms with van der Waals surface area (Å²) in [7, 11) is -4.17. The number of H-pyrrole nitrogens is 1. The van der Waals surface area contributed by atoms with Crippen molar-refractivity contribution in [3.05, 3.63) is 71.8 Å². The normalized spacial score (nSPS) is 19.2. The molecule has 2 atom stereocenters. The molecular formula is C29H36FN3O4S. The van der Waals surface area contributed by atoms with E-state index in [0.717, 1.165) is 15.6 Å². The number of rotatable bonds is 5. The maximum absolute atomic E-state index is 13.7. The number of amides is 1. The Kier molecular flexibility index (Phi) is 6.75. The molecule has 204 valence electrons. The highest BCUT2D eigenvalue weighted by molar-refractivity contribution is 7.89. The number of halogens is 1. The minimum atomic E-state index is -4.17. The number of sulfonamides is 1. The highest BCUT2D eigenvalue weighted by atomic mass is 32.2. The smallest absolute Gasteiger partial charge is 0.424 e. The number of hydrogen-bond donors (Lipinski definition) is 1. The summed E-state index contributed by atoms with van der Waals surface area (Å²) >= 11 is 0. The zero-order valence-electron chi connectivity index (χ0n) is 23.2. The van der Waals surface area contributed by atoms with E-state index < -0.39 is 27.3 Å². The van der Waals surface area contributed by atoms with Crippen molar-refractivity contribution in [1.82, 2.24) is 14.3 Å². The average Bonchev–Trinajstić information content (AvgIpc) is 3.10. The molecule has 1 heterocycles. The highest BCUT2D eigenvalue weighted by Crippen LogP contribution is 2.69. The van der Waals surface area contributed by atoms with Gasteiger partial charge in [0.25, 0.3) is 10.0 Å². The Balaban J connectivity index is 1.59. The lowest BCUT2D eigenvalue weighted by Crippen LogP contribution is -2.51. The molecule has 38 heavy (non-hydrogen) atoms. The Labute approximate surface area is 224 Å². The van der Waals surface area contributed by atoms with Crippen molar-refractivity contribution < 1.29 is 22.3 Å². The fourth-order valence-electron chi connectivity index (χ4n) is 5.10.